The van der Waals surface area contributed by atoms with Crippen molar-refractivity contribution in [2.45, 2.75) is 77.2 Å². The first-order valence-electron chi connectivity index (χ1n) is 7.75. The highest BCUT2D eigenvalue weighted by Gasteiger charge is 2.37. The second-order valence-corrected chi connectivity index (χ2v) is 5.99. The molecule has 1 aliphatic carbocycles. The Labute approximate surface area is 138 Å². The molecule has 0 aliphatic heterocycles. The van der Waals surface area contributed by atoms with Gasteiger partial charge < -0.3 is 20.9 Å². The Balaban J connectivity index is 0.00000441. The number of nitrogens with one attached hydrogen (secondary N) is 1. The number of carbonyl (C=O) groups excluding carboxylic acids is 2. The lowest BCUT2D eigenvalue weighted by molar-refractivity contribution is -0.147. The second-order valence-electron chi connectivity index (χ2n) is 5.99. The van der Waals surface area contributed by atoms with E-state index in [4.69, 9.17) is 10.5 Å². The molecule has 0 bridgehead atoms. The first kappa shape index (κ1) is 21.1. The number of aliphatic hydroxyl groups excluding tert-OH is 1. The van der Waals surface area contributed by atoms with Crippen molar-refractivity contribution in [3.8, 4) is 0 Å². The van der Waals surface area contributed by atoms with Gasteiger partial charge >= 0.3 is 5.97 Å². The molecule has 0 aromatic carbocycles. The summed E-state index contributed by atoms with van der Waals surface area (Å²) in [6, 6.07) is -0.659. The zero-order valence-electron chi connectivity index (χ0n) is 13.6. The molecule has 0 spiro atoms. The van der Waals surface area contributed by atoms with Gasteiger partial charge in [-0.25, -0.2) is 0 Å². The van der Waals surface area contributed by atoms with Crippen molar-refractivity contribution >= 4 is 24.3 Å². The molecule has 0 aromatic heterocycles. The first-order valence-corrected chi connectivity index (χ1v) is 7.75. The molecule has 22 heavy (non-hydrogen) atoms. The second kappa shape index (κ2) is 10.0. The van der Waals surface area contributed by atoms with Crippen molar-refractivity contribution in [2.75, 3.05) is 0 Å². The number of nitrogens with two attached hydrogens (primary N) is 1. The van der Waals surface area contributed by atoms with Crippen LogP contribution in [-0.4, -0.2) is 41.3 Å². The summed E-state index contributed by atoms with van der Waals surface area (Å²) in [7, 11) is 0. The van der Waals surface area contributed by atoms with Crippen LogP contribution in [0.2, 0.25) is 0 Å². The molecule has 1 saturated carbocycles. The van der Waals surface area contributed by atoms with Crippen LogP contribution < -0.4 is 11.1 Å². The summed E-state index contributed by atoms with van der Waals surface area (Å²) in [6.07, 6.45) is 2.43. The van der Waals surface area contributed by atoms with E-state index in [0.29, 0.717) is 12.8 Å². The maximum atomic E-state index is 11.6. The lowest BCUT2D eigenvalue weighted by Gasteiger charge is -2.39. The van der Waals surface area contributed by atoms with Crippen LogP contribution in [0.4, 0.5) is 0 Å². The van der Waals surface area contributed by atoms with Gasteiger partial charge in [0.1, 0.15) is 0 Å². The van der Waals surface area contributed by atoms with E-state index < -0.39 is 12.1 Å². The van der Waals surface area contributed by atoms with Gasteiger partial charge in [0, 0.05) is 19.4 Å². The monoisotopic (exact) mass is 336 g/mol. The van der Waals surface area contributed by atoms with Gasteiger partial charge in [0.05, 0.1) is 18.2 Å². The third kappa shape index (κ3) is 6.50. The maximum Gasteiger partial charge on any atom is 0.302 e. The highest BCUT2D eigenvalue weighted by atomic mass is 35.5. The highest BCUT2D eigenvalue weighted by Crippen LogP contribution is 2.28. The average molecular weight is 337 g/mol. The van der Waals surface area contributed by atoms with Gasteiger partial charge in [-0.3, -0.25) is 9.59 Å². The summed E-state index contributed by atoms with van der Waals surface area (Å²) in [6.45, 7) is 5.13. The van der Waals surface area contributed by atoms with Gasteiger partial charge in [-0.1, -0.05) is 6.92 Å². The van der Waals surface area contributed by atoms with Gasteiger partial charge in [0.15, 0.2) is 0 Å². The fourth-order valence-corrected chi connectivity index (χ4v) is 3.00. The molecule has 7 heteroatoms. The van der Waals surface area contributed by atoms with Crippen molar-refractivity contribution in [1.82, 2.24) is 5.32 Å². The van der Waals surface area contributed by atoms with Gasteiger partial charge in [-0.2, -0.15) is 0 Å². The Kier molecular flexibility index (Phi) is 9.64. The van der Waals surface area contributed by atoms with Crippen molar-refractivity contribution in [3.05, 3.63) is 0 Å². The standard InChI is InChI=1S/C15H28N2O4.ClH/c1-4-5-13(19)17-12-7-6-11(15(20)14(12)16)8-9(2)21-10(3)18;/h9,11-12,14-15,20H,4-8,16H2,1-3H3,(H,17,19);1H. The number of esters is 1. The van der Waals surface area contributed by atoms with E-state index in [1.54, 1.807) is 0 Å². The number of hydrogen-bond acceptors (Lipinski definition) is 5. The quantitative estimate of drug-likeness (QED) is 0.631. The van der Waals surface area contributed by atoms with Crippen LogP contribution in [0, 0.1) is 5.92 Å². The van der Waals surface area contributed by atoms with Gasteiger partial charge in [-0.05, 0) is 38.5 Å². The number of aliphatic hydroxyl groups is 1. The van der Waals surface area contributed by atoms with Crippen LogP contribution in [0.5, 0.6) is 0 Å². The molecule has 130 valence electrons. The smallest absolute Gasteiger partial charge is 0.302 e. The minimum Gasteiger partial charge on any atom is -0.463 e. The molecular weight excluding hydrogens is 308 g/mol. The summed E-state index contributed by atoms with van der Waals surface area (Å²) in [5.41, 5.74) is 6.06. The summed E-state index contributed by atoms with van der Waals surface area (Å²) in [5.74, 6) is -0.340. The maximum absolute atomic E-state index is 11.6. The van der Waals surface area contributed by atoms with E-state index in [1.165, 1.54) is 6.92 Å². The van der Waals surface area contributed by atoms with E-state index >= 15 is 0 Å². The Hall–Kier alpha value is -0.850. The fourth-order valence-electron chi connectivity index (χ4n) is 3.00. The number of amides is 1. The fraction of sp³-hybridized carbons (Fsp3) is 0.867. The zero-order chi connectivity index (χ0) is 16.0. The normalized spacial score (nSPS) is 29.1. The largest absolute Gasteiger partial charge is 0.463 e. The topological polar surface area (TPSA) is 102 Å². The molecule has 1 aliphatic rings. The molecule has 0 radical (unpaired) electrons. The highest BCUT2D eigenvalue weighted by molar-refractivity contribution is 5.85. The molecule has 0 saturated heterocycles. The van der Waals surface area contributed by atoms with E-state index in [1.807, 2.05) is 13.8 Å². The summed E-state index contributed by atoms with van der Waals surface area (Å²) in [4.78, 5) is 22.6. The van der Waals surface area contributed by atoms with Crippen LogP contribution in [0.25, 0.3) is 0 Å². The minimum atomic E-state index is -0.691. The van der Waals surface area contributed by atoms with Crippen LogP contribution in [0.15, 0.2) is 0 Å². The number of carbonyl (C=O) groups is 2. The molecule has 1 rings (SSSR count). The Bertz CT molecular complexity index is 367. The number of halogens is 1. The molecule has 6 nitrogen and oxygen atoms in total. The Morgan fingerprint density at radius 2 is 2.05 bits per heavy atom. The molecule has 0 aromatic rings. The van der Waals surface area contributed by atoms with Crippen LogP contribution >= 0.6 is 12.4 Å². The molecular formula is C15H29ClN2O4. The van der Waals surface area contributed by atoms with Crippen molar-refractivity contribution in [2.24, 2.45) is 11.7 Å². The van der Waals surface area contributed by atoms with Gasteiger partial charge in [-0.15, -0.1) is 12.4 Å². The Morgan fingerprint density at radius 3 is 2.59 bits per heavy atom. The van der Waals surface area contributed by atoms with Crippen LogP contribution in [0.3, 0.4) is 0 Å². The SMILES string of the molecule is CCCC(=O)NC1CCC(CC(C)OC(C)=O)C(O)C1N.Cl. The number of hydrogen-bond donors (Lipinski definition) is 3. The molecule has 1 amide bonds. The van der Waals surface area contributed by atoms with Crippen molar-refractivity contribution < 1.29 is 19.4 Å². The summed E-state index contributed by atoms with van der Waals surface area (Å²) in [5, 5.41) is 13.2. The van der Waals surface area contributed by atoms with Crippen LogP contribution in [0.1, 0.15) is 52.9 Å². The summed E-state index contributed by atoms with van der Waals surface area (Å²) < 4.78 is 5.10. The molecule has 5 unspecified atom stereocenters. The van der Waals surface area contributed by atoms with E-state index in [-0.39, 0.29) is 42.3 Å². The third-order valence-electron chi connectivity index (χ3n) is 4.02. The third-order valence-corrected chi connectivity index (χ3v) is 4.02. The van der Waals surface area contributed by atoms with E-state index in [9.17, 15) is 14.7 Å². The lowest BCUT2D eigenvalue weighted by Crippen LogP contribution is -2.58. The van der Waals surface area contributed by atoms with Gasteiger partial charge in [0.2, 0.25) is 5.91 Å². The molecule has 4 N–H and O–H groups in total. The van der Waals surface area contributed by atoms with Crippen LogP contribution in [-0.2, 0) is 14.3 Å². The molecule has 5 atom stereocenters. The molecule has 1 fully saturated rings. The van der Waals surface area contributed by atoms with Crippen molar-refractivity contribution in [1.29, 1.82) is 0 Å². The lowest BCUT2D eigenvalue weighted by atomic mass is 9.77. The number of rotatable bonds is 6. The average Bonchev–Trinajstić information content (AvgIpc) is 2.38. The summed E-state index contributed by atoms with van der Waals surface area (Å²) >= 11 is 0. The van der Waals surface area contributed by atoms with E-state index in [2.05, 4.69) is 5.32 Å². The predicted molar refractivity (Wildman–Crippen MR) is 86.6 cm³/mol. The van der Waals surface area contributed by atoms with E-state index in [0.717, 1.165) is 19.3 Å². The molecule has 0 heterocycles. The Morgan fingerprint density at radius 1 is 1.41 bits per heavy atom. The van der Waals surface area contributed by atoms with Gasteiger partial charge in [0.25, 0.3) is 0 Å². The number of ether oxygens (including phenoxy) is 1. The zero-order valence-corrected chi connectivity index (χ0v) is 14.4. The predicted octanol–water partition coefficient (Wildman–Crippen LogP) is 1.13. The first-order chi connectivity index (χ1) is 9.85. The minimum absolute atomic E-state index is 0. The van der Waals surface area contributed by atoms with Crippen molar-refractivity contribution in [3.63, 3.8) is 0 Å².